The van der Waals surface area contributed by atoms with E-state index in [4.69, 9.17) is 5.73 Å². The second kappa shape index (κ2) is 5.63. The summed E-state index contributed by atoms with van der Waals surface area (Å²) >= 11 is 0. The van der Waals surface area contributed by atoms with Gasteiger partial charge in [-0.05, 0) is 49.5 Å². The Hall–Kier alpha value is -1.25. The summed E-state index contributed by atoms with van der Waals surface area (Å²) in [6.07, 6.45) is 12.0. The molecule has 2 aliphatic carbocycles. The Morgan fingerprint density at radius 1 is 1.35 bits per heavy atom. The average Bonchev–Trinajstić information content (AvgIpc) is 2.80. The normalized spacial score (nSPS) is 36.0. The molecule has 0 spiro atoms. The van der Waals surface area contributed by atoms with Gasteiger partial charge in [-0.3, -0.25) is 0 Å². The van der Waals surface area contributed by atoms with E-state index in [1.807, 2.05) is 0 Å². The molecule has 3 rings (SSSR count). The molecule has 0 aromatic carbocycles. The average molecular weight is 273 g/mol. The molecule has 1 fully saturated rings. The van der Waals surface area contributed by atoms with Crippen molar-refractivity contribution in [3.63, 3.8) is 0 Å². The van der Waals surface area contributed by atoms with Crippen molar-refractivity contribution in [2.75, 3.05) is 0 Å². The third-order valence-corrected chi connectivity index (χ3v) is 5.21. The third-order valence-electron chi connectivity index (χ3n) is 5.21. The second-order valence-corrected chi connectivity index (χ2v) is 6.61. The number of allylic oxidation sites excluding steroid dienone is 3. The molecular weight excluding hydrogens is 246 g/mol. The molecule has 4 unspecified atom stereocenters. The van der Waals surface area contributed by atoms with Crippen LogP contribution >= 0.6 is 0 Å². The first-order chi connectivity index (χ1) is 9.70. The number of unbranched alkanes of at least 4 members (excludes halogenated alkanes) is 1. The Kier molecular flexibility index (Phi) is 3.86. The summed E-state index contributed by atoms with van der Waals surface area (Å²) in [5, 5.41) is 3.41. The Morgan fingerprint density at radius 3 is 3.00 bits per heavy atom. The summed E-state index contributed by atoms with van der Waals surface area (Å²) in [5.41, 5.74) is 8.99. The molecule has 20 heavy (non-hydrogen) atoms. The lowest BCUT2D eigenvalue weighted by Gasteiger charge is -2.39. The SMILES string of the molecule is CCCC=CCC1=C2NC(N)=NC3CCC(CC1C)C23. The van der Waals surface area contributed by atoms with Crippen molar-refractivity contribution < 1.29 is 0 Å². The van der Waals surface area contributed by atoms with E-state index in [-0.39, 0.29) is 0 Å². The van der Waals surface area contributed by atoms with Gasteiger partial charge in [-0.25, -0.2) is 4.99 Å². The van der Waals surface area contributed by atoms with Crippen LogP contribution in [-0.2, 0) is 0 Å². The maximum Gasteiger partial charge on any atom is 0.193 e. The smallest absolute Gasteiger partial charge is 0.193 e. The number of nitrogens with two attached hydrogens (primary N) is 1. The van der Waals surface area contributed by atoms with Crippen LogP contribution in [0.4, 0.5) is 0 Å². The number of hydrogen-bond acceptors (Lipinski definition) is 3. The van der Waals surface area contributed by atoms with Gasteiger partial charge < -0.3 is 11.1 Å². The van der Waals surface area contributed by atoms with Gasteiger partial charge in [0.05, 0.1) is 6.04 Å². The number of guanidine groups is 1. The standard InChI is InChI=1S/C17H27N3/c1-3-4-5-6-7-13-11(2)10-12-8-9-14-15(12)16(13)20-17(18)19-14/h5-6,11-12,14-15H,3-4,7-10H2,1-2H3,(H3,18,19,20). The summed E-state index contributed by atoms with van der Waals surface area (Å²) in [6, 6.07) is 0.443. The molecule has 1 aliphatic heterocycles. The number of nitrogens with one attached hydrogen (secondary N) is 1. The van der Waals surface area contributed by atoms with E-state index in [0.717, 1.165) is 12.3 Å². The van der Waals surface area contributed by atoms with Crippen LogP contribution in [-0.4, -0.2) is 12.0 Å². The minimum Gasteiger partial charge on any atom is -0.370 e. The summed E-state index contributed by atoms with van der Waals surface area (Å²) < 4.78 is 0. The lowest BCUT2D eigenvalue weighted by atomic mass is 9.72. The molecule has 0 bridgehead atoms. The summed E-state index contributed by atoms with van der Waals surface area (Å²) in [4.78, 5) is 4.63. The lowest BCUT2D eigenvalue weighted by molar-refractivity contribution is 0.302. The van der Waals surface area contributed by atoms with Crippen molar-refractivity contribution in [2.24, 2.45) is 28.5 Å². The second-order valence-electron chi connectivity index (χ2n) is 6.61. The monoisotopic (exact) mass is 273 g/mol. The molecule has 3 nitrogen and oxygen atoms in total. The highest BCUT2D eigenvalue weighted by molar-refractivity contribution is 5.81. The lowest BCUT2D eigenvalue weighted by Crippen LogP contribution is -2.45. The summed E-state index contributed by atoms with van der Waals surface area (Å²) in [5.74, 6) is 2.74. The molecule has 0 aromatic heterocycles. The molecule has 0 amide bonds. The predicted octanol–water partition coefficient (Wildman–Crippen LogP) is 3.34. The van der Waals surface area contributed by atoms with Crippen LogP contribution in [0.1, 0.15) is 52.4 Å². The van der Waals surface area contributed by atoms with E-state index < -0.39 is 0 Å². The molecule has 4 atom stereocenters. The van der Waals surface area contributed by atoms with Gasteiger partial charge in [-0.1, -0.05) is 32.4 Å². The minimum atomic E-state index is 0.443. The van der Waals surface area contributed by atoms with E-state index in [9.17, 15) is 0 Å². The van der Waals surface area contributed by atoms with Gasteiger partial charge in [0, 0.05) is 11.6 Å². The van der Waals surface area contributed by atoms with Crippen molar-refractivity contribution in [1.29, 1.82) is 0 Å². The van der Waals surface area contributed by atoms with Gasteiger partial charge in [0.25, 0.3) is 0 Å². The van der Waals surface area contributed by atoms with Crippen molar-refractivity contribution in [3.8, 4) is 0 Å². The molecule has 1 heterocycles. The zero-order valence-electron chi connectivity index (χ0n) is 12.7. The molecule has 0 saturated heterocycles. The van der Waals surface area contributed by atoms with Crippen LogP contribution in [0.25, 0.3) is 0 Å². The van der Waals surface area contributed by atoms with Crippen LogP contribution in [0.2, 0.25) is 0 Å². The van der Waals surface area contributed by atoms with Crippen LogP contribution in [0.15, 0.2) is 28.4 Å². The number of rotatable bonds is 4. The van der Waals surface area contributed by atoms with Gasteiger partial charge in [0.1, 0.15) is 0 Å². The van der Waals surface area contributed by atoms with Crippen LogP contribution < -0.4 is 11.1 Å². The van der Waals surface area contributed by atoms with Crippen molar-refractivity contribution in [2.45, 2.75) is 58.4 Å². The number of aliphatic imine (C=N–C) groups is 1. The van der Waals surface area contributed by atoms with Crippen LogP contribution in [0.3, 0.4) is 0 Å². The van der Waals surface area contributed by atoms with Gasteiger partial charge in [0.2, 0.25) is 0 Å². The first-order valence-electron chi connectivity index (χ1n) is 8.19. The zero-order chi connectivity index (χ0) is 14.1. The molecule has 0 aromatic rings. The number of hydrogen-bond donors (Lipinski definition) is 2. The maximum atomic E-state index is 6.00. The quantitative estimate of drug-likeness (QED) is 0.772. The molecule has 3 N–H and O–H groups in total. The molecule has 0 radical (unpaired) electrons. The fourth-order valence-corrected chi connectivity index (χ4v) is 4.29. The molecule has 3 heteroatoms. The minimum absolute atomic E-state index is 0.443. The first kappa shape index (κ1) is 13.7. The Morgan fingerprint density at radius 2 is 2.20 bits per heavy atom. The molecule has 1 saturated carbocycles. The van der Waals surface area contributed by atoms with E-state index in [2.05, 4.69) is 36.3 Å². The fraction of sp³-hybridized carbons (Fsp3) is 0.706. The Labute approximate surface area is 122 Å². The van der Waals surface area contributed by atoms with Crippen molar-refractivity contribution in [3.05, 3.63) is 23.4 Å². The van der Waals surface area contributed by atoms with Crippen molar-refractivity contribution >= 4 is 5.96 Å². The first-order valence-corrected chi connectivity index (χ1v) is 8.19. The highest BCUT2D eigenvalue weighted by atomic mass is 15.2. The van der Waals surface area contributed by atoms with Crippen molar-refractivity contribution in [1.82, 2.24) is 5.32 Å². The van der Waals surface area contributed by atoms with Crippen LogP contribution in [0, 0.1) is 17.8 Å². The maximum absolute atomic E-state index is 6.00. The fourth-order valence-electron chi connectivity index (χ4n) is 4.29. The highest BCUT2D eigenvalue weighted by Crippen LogP contribution is 2.49. The summed E-state index contributed by atoms with van der Waals surface area (Å²) in [6.45, 7) is 4.60. The largest absolute Gasteiger partial charge is 0.370 e. The van der Waals surface area contributed by atoms with Gasteiger partial charge in [-0.15, -0.1) is 0 Å². The highest BCUT2D eigenvalue weighted by Gasteiger charge is 2.45. The van der Waals surface area contributed by atoms with E-state index in [1.165, 1.54) is 37.8 Å². The van der Waals surface area contributed by atoms with Gasteiger partial charge in [-0.2, -0.15) is 0 Å². The molecular formula is C17H27N3. The summed E-state index contributed by atoms with van der Waals surface area (Å²) in [7, 11) is 0. The van der Waals surface area contributed by atoms with E-state index in [0.29, 0.717) is 23.8 Å². The zero-order valence-corrected chi connectivity index (χ0v) is 12.7. The third kappa shape index (κ3) is 2.38. The van der Waals surface area contributed by atoms with E-state index >= 15 is 0 Å². The number of nitrogens with zero attached hydrogens (tertiary/aromatic N) is 1. The molecule has 110 valence electrons. The van der Waals surface area contributed by atoms with E-state index in [1.54, 1.807) is 5.57 Å². The molecule has 3 aliphatic rings. The Bertz CT molecular complexity index is 461. The predicted molar refractivity (Wildman–Crippen MR) is 84.2 cm³/mol. The van der Waals surface area contributed by atoms with Crippen LogP contribution in [0.5, 0.6) is 0 Å². The topological polar surface area (TPSA) is 50.4 Å². The van der Waals surface area contributed by atoms with Gasteiger partial charge in [0.15, 0.2) is 5.96 Å². The van der Waals surface area contributed by atoms with Gasteiger partial charge >= 0.3 is 0 Å². The Balaban J connectivity index is 1.87.